The number of hydrogen-bond donors (Lipinski definition) is 2. The second-order valence-corrected chi connectivity index (χ2v) is 4.20. The van der Waals surface area contributed by atoms with Gasteiger partial charge >= 0.3 is 0 Å². The number of nitrogens with one attached hydrogen (secondary N) is 2. The maximum Gasteiger partial charge on any atom is 0.170 e. The Morgan fingerprint density at radius 1 is 1.35 bits per heavy atom. The van der Waals surface area contributed by atoms with Crippen LogP contribution in [0.5, 0.6) is 0 Å². The van der Waals surface area contributed by atoms with Gasteiger partial charge in [-0.3, -0.25) is 0 Å². The SMILES string of the molecule is CCCCNC(=S)Nc1c(F)ccc(C)c1F. The molecule has 1 aromatic carbocycles. The van der Waals surface area contributed by atoms with Crippen molar-refractivity contribution in [2.45, 2.75) is 26.7 Å². The Bertz CT molecular complexity index is 408. The lowest BCUT2D eigenvalue weighted by molar-refractivity contribution is 0.585. The van der Waals surface area contributed by atoms with Crippen LogP contribution in [0.3, 0.4) is 0 Å². The number of anilines is 1. The second kappa shape index (κ2) is 6.49. The van der Waals surface area contributed by atoms with Crippen LogP contribution in [0.4, 0.5) is 14.5 Å². The molecule has 0 aliphatic heterocycles. The van der Waals surface area contributed by atoms with Gasteiger partial charge in [0.25, 0.3) is 0 Å². The van der Waals surface area contributed by atoms with E-state index >= 15 is 0 Å². The third-order valence-electron chi connectivity index (χ3n) is 2.34. The molecule has 17 heavy (non-hydrogen) atoms. The molecular formula is C12H16F2N2S. The highest BCUT2D eigenvalue weighted by molar-refractivity contribution is 7.80. The van der Waals surface area contributed by atoms with Gasteiger partial charge in [-0.25, -0.2) is 8.78 Å². The number of aryl methyl sites for hydroxylation is 1. The topological polar surface area (TPSA) is 24.1 Å². The summed E-state index contributed by atoms with van der Waals surface area (Å²) in [5.74, 6) is -1.25. The van der Waals surface area contributed by atoms with E-state index in [0.29, 0.717) is 12.1 Å². The molecule has 1 rings (SSSR count). The molecular weight excluding hydrogens is 242 g/mol. The molecule has 2 N–H and O–H groups in total. The summed E-state index contributed by atoms with van der Waals surface area (Å²) in [6.07, 6.45) is 1.99. The first-order chi connectivity index (χ1) is 8.06. The molecule has 0 bridgehead atoms. The summed E-state index contributed by atoms with van der Waals surface area (Å²) in [5.41, 5.74) is 0.184. The average molecular weight is 258 g/mol. The third kappa shape index (κ3) is 3.93. The van der Waals surface area contributed by atoms with E-state index in [1.54, 1.807) is 6.92 Å². The van der Waals surface area contributed by atoms with Crippen molar-refractivity contribution in [1.29, 1.82) is 0 Å². The van der Waals surface area contributed by atoms with E-state index in [-0.39, 0.29) is 10.8 Å². The van der Waals surface area contributed by atoms with Gasteiger partial charge in [-0.05, 0) is 37.2 Å². The number of halogens is 2. The molecule has 0 radical (unpaired) electrons. The highest BCUT2D eigenvalue weighted by Gasteiger charge is 2.12. The van der Waals surface area contributed by atoms with Crippen LogP contribution in [0.2, 0.25) is 0 Å². The van der Waals surface area contributed by atoms with E-state index < -0.39 is 11.6 Å². The smallest absolute Gasteiger partial charge is 0.170 e. The van der Waals surface area contributed by atoms with Gasteiger partial charge in [-0.1, -0.05) is 19.4 Å². The van der Waals surface area contributed by atoms with Gasteiger partial charge in [0.15, 0.2) is 10.9 Å². The molecule has 0 aliphatic carbocycles. The van der Waals surface area contributed by atoms with Crippen molar-refractivity contribution in [3.8, 4) is 0 Å². The number of benzene rings is 1. The first-order valence-electron chi connectivity index (χ1n) is 5.55. The van der Waals surface area contributed by atoms with Crippen LogP contribution < -0.4 is 10.6 Å². The molecule has 1 aromatic rings. The van der Waals surface area contributed by atoms with E-state index in [1.807, 2.05) is 0 Å². The standard InChI is InChI=1S/C12H16F2N2S/c1-3-4-7-15-12(17)16-11-9(13)6-5-8(2)10(11)14/h5-6H,3-4,7H2,1-2H3,(H2,15,16,17). The van der Waals surface area contributed by atoms with Crippen LogP contribution >= 0.6 is 12.2 Å². The van der Waals surface area contributed by atoms with Crippen molar-refractivity contribution >= 4 is 23.0 Å². The van der Waals surface area contributed by atoms with Crippen LogP contribution in [0.25, 0.3) is 0 Å². The van der Waals surface area contributed by atoms with Crippen molar-refractivity contribution in [1.82, 2.24) is 5.32 Å². The predicted molar refractivity (Wildman–Crippen MR) is 70.2 cm³/mol. The molecule has 0 aromatic heterocycles. The van der Waals surface area contributed by atoms with Crippen molar-refractivity contribution in [3.63, 3.8) is 0 Å². The zero-order chi connectivity index (χ0) is 12.8. The van der Waals surface area contributed by atoms with Crippen LogP contribution in [0.15, 0.2) is 12.1 Å². The summed E-state index contributed by atoms with van der Waals surface area (Å²) in [4.78, 5) is 0. The van der Waals surface area contributed by atoms with Gasteiger partial charge in [-0.15, -0.1) is 0 Å². The lowest BCUT2D eigenvalue weighted by atomic mass is 10.2. The average Bonchev–Trinajstić information content (AvgIpc) is 2.30. The number of hydrogen-bond acceptors (Lipinski definition) is 1. The molecule has 0 saturated carbocycles. The highest BCUT2D eigenvalue weighted by atomic mass is 32.1. The van der Waals surface area contributed by atoms with Gasteiger partial charge in [-0.2, -0.15) is 0 Å². The molecule has 0 aliphatic rings. The quantitative estimate of drug-likeness (QED) is 0.639. The normalized spacial score (nSPS) is 10.1. The number of thiocarbonyl (C=S) groups is 1. The Balaban J connectivity index is 2.68. The zero-order valence-electron chi connectivity index (χ0n) is 9.94. The monoisotopic (exact) mass is 258 g/mol. The molecule has 0 atom stereocenters. The van der Waals surface area contributed by atoms with Gasteiger partial charge in [0.05, 0.1) is 0 Å². The number of rotatable bonds is 4. The lowest BCUT2D eigenvalue weighted by Gasteiger charge is -2.12. The second-order valence-electron chi connectivity index (χ2n) is 3.79. The van der Waals surface area contributed by atoms with E-state index in [0.717, 1.165) is 12.8 Å². The summed E-state index contributed by atoms with van der Waals surface area (Å²) in [5, 5.41) is 5.68. The predicted octanol–water partition coefficient (Wildman–Crippen LogP) is 3.36. The van der Waals surface area contributed by atoms with E-state index in [1.165, 1.54) is 12.1 Å². The summed E-state index contributed by atoms with van der Waals surface area (Å²) >= 11 is 4.96. The highest BCUT2D eigenvalue weighted by Crippen LogP contribution is 2.21. The fraction of sp³-hybridized carbons (Fsp3) is 0.417. The van der Waals surface area contributed by atoms with Crippen molar-refractivity contribution in [3.05, 3.63) is 29.3 Å². The maximum atomic E-state index is 13.6. The summed E-state index contributed by atoms with van der Waals surface area (Å²) in [6.45, 7) is 4.32. The minimum Gasteiger partial charge on any atom is -0.362 e. The van der Waals surface area contributed by atoms with Crippen molar-refractivity contribution < 1.29 is 8.78 Å². The minimum absolute atomic E-state index is 0.195. The van der Waals surface area contributed by atoms with Gasteiger partial charge < -0.3 is 10.6 Å². The van der Waals surface area contributed by atoms with Gasteiger partial charge in [0.1, 0.15) is 11.5 Å². The molecule has 2 nitrogen and oxygen atoms in total. The Labute approximate surface area is 105 Å². The minimum atomic E-state index is -0.646. The van der Waals surface area contributed by atoms with E-state index in [2.05, 4.69) is 17.6 Å². The molecule has 0 amide bonds. The van der Waals surface area contributed by atoms with Crippen LogP contribution in [-0.4, -0.2) is 11.7 Å². The molecule has 0 unspecified atom stereocenters. The van der Waals surface area contributed by atoms with E-state index in [9.17, 15) is 8.78 Å². The van der Waals surface area contributed by atoms with Crippen LogP contribution in [-0.2, 0) is 0 Å². The van der Waals surface area contributed by atoms with E-state index in [4.69, 9.17) is 12.2 Å². The van der Waals surface area contributed by atoms with Gasteiger partial charge in [0, 0.05) is 6.54 Å². The summed E-state index contributed by atoms with van der Waals surface area (Å²) < 4.78 is 27.0. The van der Waals surface area contributed by atoms with Crippen LogP contribution in [0, 0.1) is 18.6 Å². The fourth-order valence-electron chi connectivity index (χ4n) is 1.31. The first-order valence-corrected chi connectivity index (χ1v) is 5.96. The summed E-state index contributed by atoms with van der Waals surface area (Å²) in [6, 6.07) is 2.61. The largest absolute Gasteiger partial charge is 0.362 e. The molecule has 0 saturated heterocycles. The Morgan fingerprint density at radius 3 is 2.71 bits per heavy atom. The molecule has 0 fully saturated rings. The molecule has 94 valence electrons. The molecule has 5 heteroatoms. The Hall–Kier alpha value is -1.23. The Kier molecular flexibility index (Phi) is 5.28. The maximum absolute atomic E-state index is 13.6. The van der Waals surface area contributed by atoms with Gasteiger partial charge in [0.2, 0.25) is 0 Å². The van der Waals surface area contributed by atoms with Crippen molar-refractivity contribution in [2.75, 3.05) is 11.9 Å². The lowest BCUT2D eigenvalue weighted by Crippen LogP contribution is -2.30. The van der Waals surface area contributed by atoms with Crippen molar-refractivity contribution in [2.24, 2.45) is 0 Å². The number of unbranched alkanes of at least 4 members (excludes halogenated alkanes) is 1. The van der Waals surface area contributed by atoms with Crippen LogP contribution in [0.1, 0.15) is 25.3 Å². The first kappa shape index (κ1) is 13.8. The summed E-state index contributed by atoms with van der Waals surface area (Å²) in [7, 11) is 0. The molecule has 0 heterocycles. The third-order valence-corrected chi connectivity index (χ3v) is 2.59. The fourth-order valence-corrected chi connectivity index (χ4v) is 1.51. The Morgan fingerprint density at radius 2 is 2.06 bits per heavy atom. The zero-order valence-corrected chi connectivity index (χ0v) is 10.8. The molecule has 0 spiro atoms.